The van der Waals surface area contributed by atoms with Crippen LogP contribution in [0.2, 0.25) is 0 Å². The summed E-state index contributed by atoms with van der Waals surface area (Å²) in [6, 6.07) is 3.86. The molecule has 1 N–H and O–H groups in total. The lowest BCUT2D eigenvalue weighted by atomic mass is 10.1. The van der Waals surface area contributed by atoms with Crippen LogP contribution in [0, 0.1) is 5.92 Å². The highest BCUT2D eigenvalue weighted by Gasteiger charge is 2.36. The van der Waals surface area contributed by atoms with Gasteiger partial charge in [-0.1, -0.05) is 6.92 Å². The van der Waals surface area contributed by atoms with Crippen molar-refractivity contribution in [1.29, 1.82) is 0 Å². The van der Waals surface area contributed by atoms with Crippen molar-refractivity contribution in [3.63, 3.8) is 0 Å². The van der Waals surface area contributed by atoms with Crippen molar-refractivity contribution in [2.24, 2.45) is 5.92 Å². The fraction of sp³-hybridized carbons (Fsp3) is 0.579. The summed E-state index contributed by atoms with van der Waals surface area (Å²) >= 11 is 0. The summed E-state index contributed by atoms with van der Waals surface area (Å²) in [7, 11) is 0. The smallest absolute Gasteiger partial charge is 0.247 e. The highest BCUT2D eigenvalue weighted by atomic mass is 16.3. The van der Waals surface area contributed by atoms with Crippen LogP contribution >= 0.6 is 0 Å². The first-order valence-corrected chi connectivity index (χ1v) is 8.57. The van der Waals surface area contributed by atoms with Gasteiger partial charge in [-0.2, -0.15) is 0 Å². The number of hydrogen-bond acceptors (Lipinski definition) is 3. The van der Waals surface area contributed by atoms with Crippen molar-refractivity contribution in [2.45, 2.75) is 52.5 Å². The number of likely N-dealkylation sites (N-methyl/N-ethyl adjacent to an activating group) is 1. The van der Waals surface area contributed by atoms with E-state index in [1.165, 1.54) is 17.4 Å². The Balaban J connectivity index is 1.91. The zero-order valence-electron chi connectivity index (χ0n) is 15.3. The van der Waals surface area contributed by atoms with Crippen molar-refractivity contribution in [3.8, 4) is 0 Å². The molecular weight excluding hydrogens is 304 g/mol. The van der Waals surface area contributed by atoms with E-state index in [0.29, 0.717) is 24.1 Å². The molecule has 132 valence electrons. The molecule has 0 bridgehead atoms. The fourth-order valence-corrected chi connectivity index (χ4v) is 2.61. The van der Waals surface area contributed by atoms with Gasteiger partial charge in [-0.15, -0.1) is 0 Å². The number of nitrogens with one attached hydrogen (secondary N) is 1. The van der Waals surface area contributed by atoms with Crippen molar-refractivity contribution in [2.75, 3.05) is 13.1 Å². The number of amides is 2. The van der Waals surface area contributed by atoms with Gasteiger partial charge in [0.2, 0.25) is 11.8 Å². The molecule has 5 heteroatoms. The molecule has 2 amide bonds. The summed E-state index contributed by atoms with van der Waals surface area (Å²) in [5, 5.41) is 2.86. The van der Waals surface area contributed by atoms with E-state index in [1.54, 1.807) is 6.08 Å². The van der Waals surface area contributed by atoms with Crippen LogP contribution in [-0.4, -0.2) is 35.3 Å². The largest absolute Gasteiger partial charge is 0.461 e. The van der Waals surface area contributed by atoms with Crippen LogP contribution in [0.15, 0.2) is 22.6 Å². The second kappa shape index (κ2) is 7.24. The molecule has 2 atom stereocenters. The summed E-state index contributed by atoms with van der Waals surface area (Å²) in [4.78, 5) is 25.8. The number of furan rings is 1. The normalized spacial score (nSPS) is 20.2. The van der Waals surface area contributed by atoms with Gasteiger partial charge in [-0.05, 0) is 58.2 Å². The summed E-state index contributed by atoms with van der Waals surface area (Å²) < 4.78 is 5.75. The number of rotatable bonds is 6. The molecule has 24 heavy (non-hydrogen) atoms. The third-order valence-electron chi connectivity index (χ3n) is 4.05. The molecule has 1 aliphatic rings. The van der Waals surface area contributed by atoms with Gasteiger partial charge in [0.15, 0.2) is 0 Å². The Morgan fingerprint density at radius 1 is 1.38 bits per heavy atom. The van der Waals surface area contributed by atoms with Gasteiger partial charge < -0.3 is 14.6 Å². The molecule has 0 spiro atoms. The molecular formula is C19H28N2O3. The van der Waals surface area contributed by atoms with Crippen LogP contribution in [0.4, 0.5) is 0 Å². The molecule has 0 radical (unpaired) electrons. The molecule has 0 aromatic carbocycles. The summed E-state index contributed by atoms with van der Waals surface area (Å²) in [5.41, 5.74) is -0.306. The third kappa shape index (κ3) is 5.25. The maximum atomic E-state index is 12.3. The summed E-state index contributed by atoms with van der Waals surface area (Å²) in [6.45, 7) is 10.3. The van der Waals surface area contributed by atoms with Crippen LogP contribution < -0.4 is 5.32 Å². The number of nitrogens with zero attached hydrogens (tertiary/aromatic N) is 1. The number of carbonyl (C=O) groups is 2. The van der Waals surface area contributed by atoms with Crippen molar-refractivity contribution in [3.05, 3.63) is 29.7 Å². The van der Waals surface area contributed by atoms with Gasteiger partial charge >= 0.3 is 0 Å². The van der Waals surface area contributed by atoms with Crippen LogP contribution in [0.3, 0.4) is 0 Å². The molecule has 1 aromatic rings. The Bertz CT molecular complexity index is 625. The Hall–Kier alpha value is -2.04. The maximum absolute atomic E-state index is 12.3. The lowest BCUT2D eigenvalue weighted by Crippen LogP contribution is -2.47. The molecule has 5 nitrogen and oxygen atoms in total. The predicted octanol–water partition coefficient (Wildman–Crippen LogP) is 3.18. The summed E-state index contributed by atoms with van der Waals surface area (Å²) in [6.07, 6.45) is 4.30. The fourth-order valence-electron chi connectivity index (χ4n) is 2.61. The van der Waals surface area contributed by atoms with Gasteiger partial charge in [0, 0.05) is 24.1 Å². The SMILES string of the molecule is CCN(CC(=O)NC(C)(C)C)C(=O)/C=C/c1ccc(C2CC2C)o1. The summed E-state index contributed by atoms with van der Waals surface area (Å²) in [5.74, 6) is 2.52. The Morgan fingerprint density at radius 2 is 2.04 bits per heavy atom. The first-order valence-electron chi connectivity index (χ1n) is 8.57. The van der Waals surface area contributed by atoms with Gasteiger partial charge in [0.05, 0.1) is 6.54 Å². The minimum atomic E-state index is -0.306. The van der Waals surface area contributed by atoms with E-state index >= 15 is 0 Å². The average molecular weight is 332 g/mol. The maximum Gasteiger partial charge on any atom is 0.247 e. The average Bonchev–Trinajstić information content (AvgIpc) is 3.02. The van der Waals surface area contributed by atoms with Crippen molar-refractivity contribution >= 4 is 17.9 Å². The van der Waals surface area contributed by atoms with E-state index < -0.39 is 0 Å². The standard InChI is InChI=1S/C19H28N2O3/c1-6-21(12-17(22)20-19(3,4)5)18(23)10-8-14-7-9-16(24-14)15-11-13(15)2/h7-10,13,15H,6,11-12H2,1-5H3,(H,20,22)/b10-8+. The topological polar surface area (TPSA) is 62.6 Å². The lowest BCUT2D eigenvalue weighted by molar-refractivity contribution is -0.132. The predicted molar refractivity (Wildman–Crippen MR) is 94.4 cm³/mol. The van der Waals surface area contributed by atoms with Gasteiger partial charge in [-0.25, -0.2) is 0 Å². The van der Waals surface area contributed by atoms with E-state index in [0.717, 1.165) is 5.76 Å². The zero-order chi connectivity index (χ0) is 17.9. The molecule has 1 aromatic heterocycles. The van der Waals surface area contributed by atoms with Crippen LogP contribution in [0.1, 0.15) is 58.5 Å². The van der Waals surface area contributed by atoms with Crippen LogP contribution in [0.25, 0.3) is 6.08 Å². The van der Waals surface area contributed by atoms with Gasteiger partial charge in [0.1, 0.15) is 11.5 Å². The van der Waals surface area contributed by atoms with Crippen molar-refractivity contribution < 1.29 is 14.0 Å². The minimum Gasteiger partial charge on any atom is -0.461 e. The van der Waals surface area contributed by atoms with E-state index in [-0.39, 0.29) is 23.9 Å². The van der Waals surface area contributed by atoms with E-state index in [9.17, 15) is 9.59 Å². The number of hydrogen-bond donors (Lipinski definition) is 1. The van der Waals surface area contributed by atoms with E-state index in [4.69, 9.17) is 4.42 Å². The second-order valence-electron chi connectivity index (χ2n) is 7.54. The molecule has 2 unspecified atom stereocenters. The quantitative estimate of drug-likeness (QED) is 0.814. The first-order chi connectivity index (χ1) is 11.2. The molecule has 2 rings (SSSR count). The van der Waals surface area contributed by atoms with Crippen LogP contribution in [0.5, 0.6) is 0 Å². The lowest BCUT2D eigenvalue weighted by Gasteiger charge is -2.24. The molecule has 1 saturated carbocycles. The van der Waals surface area contributed by atoms with Crippen LogP contribution in [-0.2, 0) is 9.59 Å². The van der Waals surface area contributed by atoms with E-state index in [1.807, 2.05) is 39.8 Å². The van der Waals surface area contributed by atoms with Crippen molar-refractivity contribution in [1.82, 2.24) is 10.2 Å². The first kappa shape index (κ1) is 18.3. The van der Waals surface area contributed by atoms with Gasteiger partial charge in [0.25, 0.3) is 0 Å². The minimum absolute atomic E-state index is 0.0555. The third-order valence-corrected chi connectivity index (χ3v) is 4.05. The zero-order valence-corrected chi connectivity index (χ0v) is 15.3. The Morgan fingerprint density at radius 3 is 2.58 bits per heavy atom. The molecule has 0 aliphatic heterocycles. The molecule has 1 aliphatic carbocycles. The molecule has 0 saturated heterocycles. The number of carbonyl (C=O) groups excluding carboxylic acids is 2. The van der Waals surface area contributed by atoms with E-state index in [2.05, 4.69) is 12.2 Å². The molecule has 1 fully saturated rings. The van der Waals surface area contributed by atoms with Gasteiger partial charge in [-0.3, -0.25) is 9.59 Å². The highest BCUT2D eigenvalue weighted by Crippen LogP contribution is 2.47. The highest BCUT2D eigenvalue weighted by molar-refractivity contribution is 5.94. The molecule has 1 heterocycles. The second-order valence-corrected chi connectivity index (χ2v) is 7.54. The Labute approximate surface area is 144 Å². The monoisotopic (exact) mass is 332 g/mol. The Kier molecular flexibility index (Phi) is 5.52.